The minimum atomic E-state index is -0.128. The van der Waals surface area contributed by atoms with Crippen molar-refractivity contribution in [2.75, 3.05) is 46.9 Å². The Bertz CT molecular complexity index is 756. The summed E-state index contributed by atoms with van der Waals surface area (Å²) in [6, 6.07) is 7.49. The number of carbonyl (C=O) groups is 2. The molecule has 0 atom stereocenters. The fourth-order valence-electron chi connectivity index (χ4n) is 3.05. The molecule has 0 unspecified atom stereocenters. The molecule has 2 heterocycles. The van der Waals surface area contributed by atoms with Crippen molar-refractivity contribution in [3.8, 4) is 5.75 Å². The van der Waals surface area contributed by atoms with E-state index >= 15 is 0 Å². The van der Waals surface area contributed by atoms with Crippen LogP contribution in [0.15, 0.2) is 29.2 Å². The van der Waals surface area contributed by atoms with Crippen LogP contribution < -0.4 is 9.64 Å². The van der Waals surface area contributed by atoms with Gasteiger partial charge < -0.3 is 14.5 Å². The van der Waals surface area contributed by atoms with Gasteiger partial charge in [-0.3, -0.25) is 14.5 Å². The molecule has 0 aromatic heterocycles. The van der Waals surface area contributed by atoms with Crippen molar-refractivity contribution >= 4 is 46.2 Å². The third-order valence-corrected chi connectivity index (χ3v) is 6.18. The fourth-order valence-corrected chi connectivity index (χ4v) is 4.36. The van der Waals surface area contributed by atoms with Gasteiger partial charge in [0.1, 0.15) is 10.1 Å². The molecule has 8 heteroatoms. The highest BCUT2D eigenvalue weighted by Crippen LogP contribution is 2.32. The lowest BCUT2D eigenvalue weighted by Crippen LogP contribution is -3.12. The molecule has 2 aliphatic rings. The summed E-state index contributed by atoms with van der Waals surface area (Å²) in [5.74, 6) is 0.732. The van der Waals surface area contributed by atoms with E-state index in [2.05, 4.69) is 7.05 Å². The fraction of sp³-hybridized carbons (Fsp3) is 0.421. The molecule has 2 amide bonds. The van der Waals surface area contributed by atoms with E-state index in [4.69, 9.17) is 17.0 Å². The van der Waals surface area contributed by atoms with Crippen LogP contribution in [0, 0.1) is 0 Å². The Hall–Kier alpha value is -1.90. The Morgan fingerprint density at radius 3 is 2.59 bits per heavy atom. The molecule has 0 bridgehead atoms. The molecular formula is C19H24N3O3S2+. The van der Waals surface area contributed by atoms with Gasteiger partial charge in [-0.15, -0.1) is 0 Å². The summed E-state index contributed by atoms with van der Waals surface area (Å²) < 4.78 is 5.66. The van der Waals surface area contributed by atoms with E-state index in [1.54, 1.807) is 7.11 Å². The summed E-state index contributed by atoms with van der Waals surface area (Å²) in [6.45, 7) is 3.83. The van der Waals surface area contributed by atoms with E-state index in [0.29, 0.717) is 22.2 Å². The molecule has 2 fully saturated rings. The van der Waals surface area contributed by atoms with Gasteiger partial charge in [0.05, 0.1) is 45.2 Å². The van der Waals surface area contributed by atoms with Crippen molar-refractivity contribution in [2.24, 2.45) is 0 Å². The maximum absolute atomic E-state index is 12.7. The molecule has 144 valence electrons. The van der Waals surface area contributed by atoms with Crippen molar-refractivity contribution in [3.63, 3.8) is 0 Å². The molecule has 27 heavy (non-hydrogen) atoms. The van der Waals surface area contributed by atoms with Crippen LogP contribution in [0.1, 0.15) is 12.0 Å². The van der Waals surface area contributed by atoms with E-state index in [9.17, 15) is 9.59 Å². The van der Waals surface area contributed by atoms with Gasteiger partial charge in [0.15, 0.2) is 0 Å². The minimum Gasteiger partial charge on any atom is -0.497 e. The largest absolute Gasteiger partial charge is 0.497 e. The molecule has 1 aromatic carbocycles. The molecule has 2 aliphatic heterocycles. The summed E-state index contributed by atoms with van der Waals surface area (Å²) in [6.07, 6.45) is 2.13. The molecule has 6 nitrogen and oxygen atoms in total. The van der Waals surface area contributed by atoms with Crippen LogP contribution in [-0.4, -0.2) is 72.8 Å². The lowest BCUT2D eigenvalue weighted by molar-refractivity contribution is -0.883. The molecule has 0 saturated carbocycles. The highest BCUT2D eigenvalue weighted by molar-refractivity contribution is 8.26. The second-order valence-electron chi connectivity index (χ2n) is 6.69. The Balaban J connectivity index is 1.58. The average molecular weight is 407 g/mol. The second-order valence-corrected chi connectivity index (χ2v) is 8.37. The molecule has 1 N–H and O–H groups in total. The van der Waals surface area contributed by atoms with Gasteiger partial charge >= 0.3 is 0 Å². The molecule has 1 aromatic rings. The number of quaternary nitrogens is 1. The first-order valence-corrected chi connectivity index (χ1v) is 10.2. The number of benzene rings is 1. The van der Waals surface area contributed by atoms with Gasteiger partial charge in [-0.25, -0.2) is 0 Å². The monoisotopic (exact) mass is 406 g/mol. The molecule has 0 radical (unpaired) electrons. The first-order valence-electron chi connectivity index (χ1n) is 8.96. The zero-order chi connectivity index (χ0) is 19.4. The molecule has 0 spiro atoms. The number of hydrogen-bond donors (Lipinski definition) is 1. The van der Waals surface area contributed by atoms with Crippen LogP contribution in [0.3, 0.4) is 0 Å². The van der Waals surface area contributed by atoms with Crippen molar-refractivity contribution in [3.05, 3.63) is 34.7 Å². The number of nitrogens with zero attached hydrogens (tertiary/aromatic N) is 2. The average Bonchev–Trinajstić information content (AvgIpc) is 2.94. The standard InChI is InChI=1S/C19H23N3O3S2/c1-20-9-11-21(12-10-20)17(23)7-8-22-18(24)16(27-19(22)26)13-14-3-5-15(25-2)6-4-14/h3-6,13H,7-12H2,1-2H3/p+1/b16-13-. The smallest absolute Gasteiger partial charge is 0.266 e. The Morgan fingerprint density at radius 1 is 1.30 bits per heavy atom. The van der Waals surface area contributed by atoms with Crippen molar-refractivity contribution in [1.82, 2.24) is 9.80 Å². The normalized spacial score (nSPS) is 19.9. The number of likely N-dealkylation sites (N-methyl/N-ethyl adjacent to an activating group) is 1. The van der Waals surface area contributed by atoms with Crippen LogP contribution in [0.5, 0.6) is 5.75 Å². The highest BCUT2D eigenvalue weighted by Gasteiger charge is 2.32. The van der Waals surface area contributed by atoms with Crippen molar-refractivity contribution in [2.45, 2.75) is 6.42 Å². The molecule has 0 aliphatic carbocycles. The predicted molar refractivity (Wildman–Crippen MR) is 111 cm³/mol. The van der Waals surface area contributed by atoms with Crippen LogP contribution in [0.25, 0.3) is 6.08 Å². The number of amides is 2. The van der Waals surface area contributed by atoms with E-state index in [1.807, 2.05) is 35.2 Å². The van der Waals surface area contributed by atoms with Crippen LogP contribution in [0.4, 0.5) is 0 Å². The molecular weight excluding hydrogens is 382 g/mol. The molecule has 3 rings (SSSR count). The van der Waals surface area contributed by atoms with Gasteiger partial charge in [-0.1, -0.05) is 36.1 Å². The summed E-state index contributed by atoms with van der Waals surface area (Å²) in [7, 11) is 3.75. The van der Waals surface area contributed by atoms with E-state index in [0.717, 1.165) is 37.5 Å². The van der Waals surface area contributed by atoms with Gasteiger partial charge in [0, 0.05) is 13.0 Å². The summed E-state index contributed by atoms with van der Waals surface area (Å²) in [4.78, 5) is 30.5. The number of hydrogen-bond acceptors (Lipinski definition) is 5. The summed E-state index contributed by atoms with van der Waals surface area (Å²) in [5.41, 5.74) is 0.910. The Morgan fingerprint density at radius 2 is 1.96 bits per heavy atom. The van der Waals surface area contributed by atoms with Gasteiger partial charge in [-0.05, 0) is 23.8 Å². The van der Waals surface area contributed by atoms with Gasteiger partial charge in [-0.2, -0.15) is 0 Å². The van der Waals surface area contributed by atoms with Crippen molar-refractivity contribution in [1.29, 1.82) is 0 Å². The number of piperazine rings is 1. The Kier molecular flexibility index (Phi) is 6.51. The maximum atomic E-state index is 12.7. The number of nitrogens with one attached hydrogen (secondary N) is 1. The van der Waals surface area contributed by atoms with Crippen LogP contribution in [0.2, 0.25) is 0 Å². The van der Waals surface area contributed by atoms with E-state index in [-0.39, 0.29) is 11.8 Å². The second kappa shape index (κ2) is 8.86. The number of thiocarbonyl (C=S) groups is 1. The minimum absolute atomic E-state index is 0.0932. The van der Waals surface area contributed by atoms with Gasteiger partial charge in [0.2, 0.25) is 5.91 Å². The first kappa shape index (κ1) is 19.9. The number of ether oxygens (including phenoxy) is 1. The van der Waals surface area contributed by atoms with E-state index in [1.165, 1.54) is 21.6 Å². The number of thioether (sulfide) groups is 1. The lowest BCUT2D eigenvalue weighted by Gasteiger charge is -2.30. The lowest BCUT2D eigenvalue weighted by atomic mass is 10.2. The van der Waals surface area contributed by atoms with Crippen molar-refractivity contribution < 1.29 is 19.2 Å². The molecule has 2 saturated heterocycles. The number of methoxy groups -OCH3 is 1. The van der Waals surface area contributed by atoms with Crippen LogP contribution >= 0.6 is 24.0 Å². The summed E-state index contributed by atoms with van der Waals surface area (Å²) in [5, 5.41) is 0. The Labute approximate surface area is 169 Å². The summed E-state index contributed by atoms with van der Waals surface area (Å²) >= 11 is 6.64. The zero-order valence-electron chi connectivity index (χ0n) is 15.6. The zero-order valence-corrected chi connectivity index (χ0v) is 17.2. The first-order chi connectivity index (χ1) is 13.0. The number of carbonyl (C=O) groups excluding carboxylic acids is 2. The third kappa shape index (κ3) is 4.88. The maximum Gasteiger partial charge on any atom is 0.266 e. The highest BCUT2D eigenvalue weighted by atomic mass is 32.2. The quantitative estimate of drug-likeness (QED) is 0.575. The third-order valence-electron chi connectivity index (χ3n) is 4.81. The SMILES string of the molecule is COc1ccc(/C=C2\SC(=S)N(CCC(=O)N3CC[NH+](C)CC3)C2=O)cc1. The predicted octanol–water partition coefficient (Wildman–Crippen LogP) is 0.643. The topological polar surface area (TPSA) is 54.3 Å². The van der Waals surface area contributed by atoms with E-state index < -0.39 is 0 Å². The van der Waals surface area contributed by atoms with Gasteiger partial charge in [0.25, 0.3) is 5.91 Å². The van der Waals surface area contributed by atoms with Crippen LogP contribution in [-0.2, 0) is 9.59 Å². The number of rotatable bonds is 5.